The number of aromatic nitrogens is 3. The highest BCUT2D eigenvalue weighted by Gasteiger charge is 2.27. The largest absolute Gasteiger partial charge is 0.494 e. The van der Waals surface area contributed by atoms with Gasteiger partial charge < -0.3 is 4.74 Å². The Labute approximate surface area is 142 Å². The van der Waals surface area contributed by atoms with E-state index >= 15 is 0 Å². The Morgan fingerprint density at radius 3 is 2.75 bits per heavy atom. The molecule has 0 aliphatic rings. The fourth-order valence-corrected chi connectivity index (χ4v) is 2.64. The highest BCUT2D eigenvalue weighted by molar-refractivity contribution is 6.42. The van der Waals surface area contributed by atoms with Gasteiger partial charge >= 0.3 is 0 Å². The molecular formula is C17H16B2N4O. The Kier molecular flexibility index (Phi) is 4.13. The summed E-state index contributed by atoms with van der Waals surface area (Å²) in [6.07, 6.45) is 3.68. The van der Waals surface area contributed by atoms with Crippen molar-refractivity contribution in [2.45, 2.75) is 5.21 Å². The Bertz CT molecular complexity index is 901. The minimum absolute atomic E-state index is 0.305. The Morgan fingerprint density at radius 1 is 1.25 bits per heavy atom. The van der Waals surface area contributed by atoms with Gasteiger partial charge in [-0.25, -0.2) is 4.98 Å². The van der Waals surface area contributed by atoms with E-state index in [9.17, 15) is 0 Å². The van der Waals surface area contributed by atoms with Crippen molar-refractivity contribution in [3.05, 3.63) is 65.6 Å². The maximum atomic E-state index is 9.13. The second-order valence-corrected chi connectivity index (χ2v) is 6.05. The van der Waals surface area contributed by atoms with Crippen molar-refractivity contribution >= 4 is 15.7 Å². The SMILES string of the molecule is BC(B)(c1cn[nH]c1)c1ccc(OC)c(-c2cccc(C#N)c2)n1. The number of nitriles is 1. The van der Waals surface area contributed by atoms with Crippen LogP contribution in [0, 0.1) is 11.3 Å². The number of pyridine rings is 1. The molecule has 0 fully saturated rings. The predicted molar refractivity (Wildman–Crippen MR) is 97.4 cm³/mol. The molecule has 0 saturated heterocycles. The molecule has 24 heavy (non-hydrogen) atoms. The maximum Gasteiger partial charge on any atom is 0.145 e. The Morgan fingerprint density at radius 2 is 2.08 bits per heavy atom. The number of ether oxygens (including phenoxy) is 1. The molecule has 1 N–H and O–H groups in total. The summed E-state index contributed by atoms with van der Waals surface area (Å²) >= 11 is 0. The van der Waals surface area contributed by atoms with Crippen molar-refractivity contribution in [2.24, 2.45) is 0 Å². The Hall–Kier alpha value is -3.00. The van der Waals surface area contributed by atoms with Crippen LogP contribution in [0.25, 0.3) is 11.3 Å². The average molecular weight is 314 g/mol. The summed E-state index contributed by atoms with van der Waals surface area (Å²) in [7, 11) is 5.82. The monoisotopic (exact) mass is 314 g/mol. The van der Waals surface area contributed by atoms with E-state index in [2.05, 4.69) is 32.0 Å². The van der Waals surface area contributed by atoms with Gasteiger partial charge in [0.25, 0.3) is 0 Å². The van der Waals surface area contributed by atoms with Gasteiger partial charge in [0.2, 0.25) is 0 Å². The van der Waals surface area contributed by atoms with Crippen molar-refractivity contribution in [3.8, 4) is 23.1 Å². The fraction of sp³-hybridized carbons (Fsp3) is 0.118. The first-order chi connectivity index (χ1) is 11.6. The number of H-pyrrole nitrogens is 1. The fourth-order valence-electron chi connectivity index (χ4n) is 2.64. The van der Waals surface area contributed by atoms with Crippen molar-refractivity contribution < 1.29 is 4.74 Å². The average Bonchev–Trinajstić information content (AvgIpc) is 3.16. The number of hydrogen-bond acceptors (Lipinski definition) is 4. The van der Waals surface area contributed by atoms with Gasteiger partial charge in [-0.2, -0.15) is 10.4 Å². The maximum absolute atomic E-state index is 9.13. The van der Waals surface area contributed by atoms with Crippen molar-refractivity contribution in [3.63, 3.8) is 0 Å². The zero-order valence-corrected chi connectivity index (χ0v) is 13.9. The molecule has 5 nitrogen and oxygen atoms in total. The topological polar surface area (TPSA) is 74.6 Å². The van der Waals surface area contributed by atoms with Crippen LogP contribution in [0.5, 0.6) is 5.75 Å². The first-order valence-electron chi connectivity index (χ1n) is 7.61. The van der Waals surface area contributed by atoms with E-state index in [1.54, 1.807) is 13.2 Å². The molecule has 0 atom stereocenters. The highest BCUT2D eigenvalue weighted by atomic mass is 16.5. The summed E-state index contributed by atoms with van der Waals surface area (Å²) in [6.45, 7) is 0. The lowest BCUT2D eigenvalue weighted by Gasteiger charge is -2.24. The zero-order valence-electron chi connectivity index (χ0n) is 13.9. The molecule has 0 amide bonds. The molecule has 0 bridgehead atoms. The first kappa shape index (κ1) is 15.9. The number of hydrogen-bond donors (Lipinski definition) is 1. The number of nitrogens with one attached hydrogen (secondary N) is 1. The van der Waals surface area contributed by atoms with E-state index in [4.69, 9.17) is 15.0 Å². The first-order valence-corrected chi connectivity index (χ1v) is 7.61. The molecule has 0 aliphatic carbocycles. The van der Waals surface area contributed by atoms with E-state index in [-0.39, 0.29) is 5.21 Å². The van der Waals surface area contributed by atoms with Gasteiger partial charge in [0.05, 0.1) is 24.9 Å². The lowest BCUT2D eigenvalue weighted by atomic mass is 9.50. The molecule has 3 rings (SSSR count). The zero-order chi connectivity index (χ0) is 17.2. The van der Waals surface area contributed by atoms with Crippen LogP contribution in [0.3, 0.4) is 0 Å². The second kappa shape index (κ2) is 6.25. The van der Waals surface area contributed by atoms with E-state index in [1.165, 1.54) is 0 Å². The molecule has 0 aliphatic heterocycles. The van der Waals surface area contributed by atoms with Gasteiger partial charge in [0.15, 0.2) is 0 Å². The number of rotatable bonds is 4. The highest BCUT2D eigenvalue weighted by Crippen LogP contribution is 2.32. The van der Waals surface area contributed by atoms with Crippen LogP contribution in [0.15, 0.2) is 48.8 Å². The second-order valence-electron chi connectivity index (χ2n) is 6.05. The summed E-state index contributed by atoms with van der Waals surface area (Å²) in [6, 6.07) is 13.4. The minimum Gasteiger partial charge on any atom is -0.494 e. The molecule has 7 heteroatoms. The molecular weight excluding hydrogens is 298 g/mol. The summed E-state index contributed by atoms with van der Waals surface area (Å²) in [5, 5.41) is 15.7. The van der Waals surface area contributed by atoms with E-state index in [1.807, 2.05) is 42.7 Å². The van der Waals surface area contributed by atoms with Gasteiger partial charge in [-0.05, 0) is 35.0 Å². The third-order valence-electron chi connectivity index (χ3n) is 4.20. The number of nitrogens with zero attached hydrogens (tertiary/aromatic N) is 3. The number of benzene rings is 1. The van der Waals surface area contributed by atoms with Crippen LogP contribution in [0.2, 0.25) is 0 Å². The van der Waals surface area contributed by atoms with Gasteiger partial charge in [-0.1, -0.05) is 12.1 Å². The van der Waals surface area contributed by atoms with Crippen molar-refractivity contribution in [1.82, 2.24) is 15.2 Å². The van der Waals surface area contributed by atoms with E-state index < -0.39 is 0 Å². The number of methoxy groups -OCH3 is 1. The molecule has 0 radical (unpaired) electrons. The molecule has 2 aromatic heterocycles. The summed E-state index contributed by atoms with van der Waals surface area (Å²) in [5.74, 6) is 0.678. The van der Waals surface area contributed by atoms with Crippen LogP contribution >= 0.6 is 0 Å². The lowest BCUT2D eigenvalue weighted by Crippen LogP contribution is -2.29. The molecule has 2 heterocycles. The van der Waals surface area contributed by atoms with Gasteiger partial charge in [-0.3, -0.25) is 5.10 Å². The molecule has 0 spiro atoms. The van der Waals surface area contributed by atoms with E-state index in [0.717, 1.165) is 22.5 Å². The van der Waals surface area contributed by atoms with Crippen LogP contribution in [0.1, 0.15) is 16.8 Å². The third kappa shape index (κ3) is 2.79. The normalized spacial score (nSPS) is 11.0. The molecule has 0 saturated carbocycles. The smallest absolute Gasteiger partial charge is 0.145 e. The molecule has 116 valence electrons. The van der Waals surface area contributed by atoms with Crippen molar-refractivity contribution in [1.29, 1.82) is 5.26 Å². The quantitative estimate of drug-likeness (QED) is 0.724. The third-order valence-corrected chi connectivity index (χ3v) is 4.20. The minimum atomic E-state index is -0.305. The van der Waals surface area contributed by atoms with Crippen LogP contribution < -0.4 is 4.74 Å². The van der Waals surface area contributed by atoms with Gasteiger partial charge in [-0.15, -0.1) is 0 Å². The van der Waals surface area contributed by atoms with E-state index in [0.29, 0.717) is 11.3 Å². The molecule has 3 aromatic rings. The summed E-state index contributed by atoms with van der Waals surface area (Å²) in [4.78, 5) is 4.84. The number of aromatic amines is 1. The van der Waals surface area contributed by atoms with Crippen LogP contribution in [-0.4, -0.2) is 38.0 Å². The summed E-state index contributed by atoms with van der Waals surface area (Å²) < 4.78 is 5.47. The lowest BCUT2D eigenvalue weighted by molar-refractivity contribution is 0.414. The van der Waals surface area contributed by atoms with Crippen LogP contribution in [0.4, 0.5) is 0 Å². The van der Waals surface area contributed by atoms with Gasteiger partial charge in [0, 0.05) is 17.5 Å². The molecule has 0 unspecified atom stereocenters. The molecule has 1 aromatic carbocycles. The predicted octanol–water partition coefficient (Wildman–Crippen LogP) is 0.819. The van der Waals surface area contributed by atoms with Gasteiger partial charge in [0.1, 0.15) is 27.1 Å². The van der Waals surface area contributed by atoms with Crippen LogP contribution in [-0.2, 0) is 5.21 Å². The summed E-state index contributed by atoms with van der Waals surface area (Å²) in [5.41, 5.74) is 4.13. The standard InChI is InChI=1S/C17H16B2N4O/c1-24-14-5-6-15(17(18,19)13-9-21-22-10-13)23-16(14)12-4-2-3-11(7-12)8-20/h2-7,9-10H,18-19H2,1H3,(H,21,22). The Balaban J connectivity index is 2.14. The van der Waals surface area contributed by atoms with Crippen molar-refractivity contribution in [2.75, 3.05) is 7.11 Å².